The Morgan fingerprint density at radius 1 is 1.15 bits per heavy atom. The Hall–Kier alpha value is -1.68. The van der Waals surface area contributed by atoms with Gasteiger partial charge in [-0.15, -0.1) is 0 Å². The molecule has 4 aliphatic carbocycles. The zero-order valence-electron chi connectivity index (χ0n) is 21.7. The van der Waals surface area contributed by atoms with Gasteiger partial charge in [-0.05, 0) is 110 Å². The smallest absolute Gasteiger partial charge is 0.226 e. The molecule has 1 amide bonds. The summed E-state index contributed by atoms with van der Waals surface area (Å²) < 4.78 is 0. The van der Waals surface area contributed by atoms with Crippen LogP contribution in [0.15, 0.2) is 36.2 Å². The first kappa shape index (κ1) is 24.0. The molecule has 3 saturated carbocycles. The molecule has 0 spiro atoms. The summed E-state index contributed by atoms with van der Waals surface area (Å²) in [5, 5.41) is 10.3. The number of pyridine rings is 1. The van der Waals surface area contributed by atoms with E-state index in [4.69, 9.17) is 0 Å². The second-order valence-corrected chi connectivity index (χ2v) is 12.6. The molecule has 1 aromatic heterocycles. The maximum atomic E-state index is 12.9. The lowest BCUT2D eigenvalue weighted by atomic mass is 9.47. The molecule has 1 heterocycles. The SMILES string of the molecule is C[C@H](CCC(=O)N(C)c1ccncc1)[C@H]1CC[C@H]2[C@@H]3CC=C4C[C@@H](O)CC[C@]4(C)[C@H]3CC[C@]12C. The second kappa shape index (κ2) is 9.08. The third kappa shape index (κ3) is 3.94. The Kier molecular flexibility index (Phi) is 6.42. The third-order valence-electron chi connectivity index (χ3n) is 11.1. The van der Waals surface area contributed by atoms with E-state index in [1.807, 2.05) is 19.2 Å². The quantitative estimate of drug-likeness (QED) is 0.513. The maximum Gasteiger partial charge on any atom is 0.226 e. The molecular weight excluding hydrogens is 420 g/mol. The summed E-state index contributed by atoms with van der Waals surface area (Å²) in [4.78, 5) is 18.7. The number of carbonyl (C=O) groups excluding carboxylic acids is 1. The minimum absolute atomic E-state index is 0.123. The lowest BCUT2D eigenvalue weighted by molar-refractivity contribution is -0.118. The molecule has 0 aliphatic heterocycles. The molecule has 4 nitrogen and oxygen atoms in total. The zero-order chi connectivity index (χ0) is 24.1. The Morgan fingerprint density at radius 3 is 2.68 bits per heavy atom. The van der Waals surface area contributed by atoms with Crippen molar-refractivity contribution in [3.8, 4) is 0 Å². The monoisotopic (exact) mass is 464 g/mol. The molecular formula is C30H44N2O2. The molecule has 0 unspecified atom stereocenters. The summed E-state index contributed by atoms with van der Waals surface area (Å²) in [7, 11) is 1.88. The van der Waals surface area contributed by atoms with E-state index in [1.54, 1.807) is 22.9 Å². The van der Waals surface area contributed by atoms with Gasteiger partial charge in [-0.1, -0.05) is 32.4 Å². The van der Waals surface area contributed by atoms with E-state index < -0.39 is 0 Å². The van der Waals surface area contributed by atoms with E-state index >= 15 is 0 Å². The van der Waals surface area contributed by atoms with Crippen LogP contribution in [0.3, 0.4) is 0 Å². The summed E-state index contributed by atoms with van der Waals surface area (Å²) in [5.74, 6) is 3.93. The van der Waals surface area contributed by atoms with Crippen LogP contribution in [0.2, 0.25) is 0 Å². The van der Waals surface area contributed by atoms with E-state index in [0.29, 0.717) is 23.2 Å². The van der Waals surface area contributed by atoms with Crippen molar-refractivity contribution in [2.75, 3.05) is 11.9 Å². The number of aliphatic hydroxyl groups is 1. The van der Waals surface area contributed by atoms with Gasteiger partial charge in [-0.25, -0.2) is 0 Å². The molecule has 5 rings (SSSR count). The number of aliphatic hydroxyl groups excluding tert-OH is 1. The van der Waals surface area contributed by atoms with Gasteiger partial charge in [0.2, 0.25) is 5.91 Å². The molecule has 0 radical (unpaired) electrons. The van der Waals surface area contributed by atoms with Crippen molar-refractivity contribution in [3.05, 3.63) is 36.2 Å². The predicted octanol–water partition coefficient (Wildman–Crippen LogP) is 6.40. The lowest BCUT2D eigenvalue weighted by Crippen LogP contribution is -2.50. The van der Waals surface area contributed by atoms with E-state index in [-0.39, 0.29) is 12.0 Å². The highest BCUT2D eigenvalue weighted by molar-refractivity contribution is 5.92. The van der Waals surface area contributed by atoms with Crippen molar-refractivity contribution in [1.29, 1.82) is 0 Å². The molecule has 0 bridgehead atoms. The number of rotatable bonds is 5. The molecule has 4 heteroatoms. The Labute approximate surface area is 206 Å². The van der Waals surface area contributed by atoms with Crippen molar-refractivity contribution in [1.82, 2.24) is 4.98 Å². The highest BCUT2D eigenvalue weighted by Gasteiger charge is 2.59. The van der Waals surface area contributed by atoms with Crippen LogP contribution in [0.25, 0.3) is 0 Å². The molecule has 1 aromatic rings. The summed E-state index contributed by atoms with van der Waals surface area (Å²) in [5.41, 5.74) is 3.22. The lowest BCUT2D eigenvalue weighted by Gasteiger charge is -2.58. The fourth-order valence-corrected chi connectivity index (χ4v) is 9.05. The summed E-state index contributed by atoms with van der Waals surface area (Å²) in [6, 6.07) is 3.81. The summed E-state index contributed by atoms with van der Waals surface area (Å²) in [6.45, 7) is 7.52. The largest absolute Gasteiger partial charge is 0.393 e. The average molecular weight is 465 g/mol. The van der Waals surface area contributed by atoms with E-state index in [2.05, 4.69) is 31.8 Å². The van der Waals surface area contributed by atoms with Gasteiger partial charge >= 0.3 is 0 Å². The molecule has 8 atom stereocenters. The van der Waals surface area contributed by atoms with Crippen LogP contribution in [0.4, 0.5) is 5.69 Å². The fourth-order valence-electron chi connectivity index (χ4n) is 9.05. The molecule has 4 aliphatic rings. The fraction of sp³-hybridized carbons (Fsp3) is 0.733. The Balaban J connectivity index is 1.25. The van der Waals surface area contributed by atoms with Crippen molar-refractivity contribution < 1.29 is 9.90 Å². The highest BCUT2D eigenvalue weighted by atomic mass is 16.3. The van der Waals surface area contributed by atoms with E-state index in [0.717, 1.165) is 55.0 Å². The number of hydrogen-bond donors (Lipinski definition) is 1. The van der Waals surface area contributed by atoms with Crippen molar-refractivity contribution >= 4 is 11.6 Å². The van der Waals surface area contributed by atoms with Crippen LogP contribution in [0.5, 0.6) is 0 Å². The predicted molar refractivity (Wildman–Crippen MR) is 137 cm³/mol. The van der Waals surface area contributed by atoms with Crippen LogP contribution < -0.4 is 4.90 Å². The minimum atomic E-state index is -0.123. The third-order valence-corrected chi connectivity index (χ3v) is 11.1. The number of carbonyl (C=O) groups is 1. The number of aromatic nitrogens is 1. The van der Waals surface area contributed by atoms with Crippen LogP contribution in [-0.2, 0) is 4.79 Å². The van der Waals surface area contributed by atoms with Crippen molar-refractivity contribution in [3.63, 3.8) is 0 Å². The van der Waals surface area contributed by atoms with Gasteiger partial charge in [0, 0.05) is 31.5 Å². The molecule has 34 heavy (non-hydrogen) atoms. The van der Waals surface area contributed by atoms with E-state index in [9.17, 15) is 9.90 Å². The number of nitrogens with zero attached hydrogens (tertiary/aromatic N) is 2. The zero-order valence-corrected chi connectivity index (χ0v) is 21.7. The molecule has 186 valence electrons. The van der Waals surface area contributed by atoms with E-state index in [1.165, 1.54) is 32.1 Å². The van der Waals surface area contributed by atoms with Gasteiger partial charge < -0.3 is 10.0 Å². The number of hydrogen-bond acceptors (Lipinski definition) is 3. The minimum Gasteiger partial charge on any atom is -0.393 e. The number of amides is 1. The molecule has 0 saturated heterocycles. The Bertz CT molecular complexity index is 929. The van der Waals surface area contributed by atoms with Gasteiger partial charge in [0.05, 0.1) is 6.10 Å². The number of anilines is 1. The van der Waals surface area contributed by atoms with Crippen LogP contribution in [-0.4, -0.2) is 29.1 Å². The first-order valence-electron chi connectivity index (χ1n) is 13.8. The van der Waals surface area contributed by atoms with Crippen LogP contribution >= 0.6 is 0 Å². The van der Waals surface area contributed by atoms with Crippen molar-refractivity contribution in [2.24, 2.45) is 40.4 Å². The van der Waals surface area contributed by atoms with Gasteiger partial charge in [0.25, 0.3) is 0 Å². The Morgan fingerprint density at radius 2 is 1.91 bits per heavy atom. The van der Waals surface area contributed by atoms with Crippen LogP contribution in [0, 0.1) is 40.4 Å². The first-order chi connectivity index (χ1) is 16.2. The van der Waals surface area contributed by atoms with Crippen molar-refractivity contribution in [2.45, 2.75) is 91.1 Å². The molecule has 3 fully saturated rings. The topological polar surface area (TPSA) is 53.4 Å². The second-order valence-electron chi connectivity index (χ2n) is 12.6. The van der Waals surface area contributed by atoms with Gasteiger partial charge in [-0.2, -0.15) is 0 Å². The number of allylic oxidation sites excluding steroid dienone is 1. The maximum absolute atomic E-state index is 12.9. The first-order valence-corrected chi connectivity index (χ1v) is 13.8. The normalized spacial score (nSPS) is 39.9. The highest BCUT2D eigenvalue weighted by Crippen LogP contribution is 2.67. The molecule has 1 N–H and O–H groups in total. The van der Waals surface area contributed by atoms with Gasteiger partial charge in [-0.3, -0.25) is 9.78 Å². The van der Waals surface area contributed by atoms with Crippen LogP contribution in [0.1, 0.15) is 85.0 Å². The van der Waals surface area contributed by atoms with Gasteiger partial charge in [0.15, 0.2) is 0 Å². The summed E-state index contributed by atoms with van der Waals surface area (Å²) in [6.07, 6.45) is 17.1. The average Bonchev–Trinajstić information content (AvgIpc) is 3.20. The standard InChI is InChI=1S/C30H44N2O2/c1-20(5-10-28(34)32(4)22-13-17-31-18-14-22)25-8-9-26-24-7-6-21-19-23(33)11-15-29(21,2)27(24)12-16-30(25,26)3/h6,13-14,17-18,20,23-27,33H,5,7-12,15-16,19H2,1-4H3/t20-,23+,24+,25-,26+,27+,29+,30-/m1/s1. The summed E-state index contributed by atoms with van der Waals surface area (Å²) >= 11 is 0. The van der Waals surface area contributed by atoms with Gasteiger partial charge in [0.1, 0.15) is 0 Å². The molecule has 0 aromatic carbocycles. The number of fused-ring (bicyclic) bond motifs is 5.